The SMILES string of the molecule is O=C(NC(C(=O)O)C1CC1)c1cccc(S(=O)(=O)NCc2cccs2)c1. The second-order valence-corrected chi connectivity index (χ2v) is 8.86. The van der Waals surface area contributed by atoms with Crippen molar-refractivity contribution in [1.82, 2.24) is 10.0 Å². The largest absolute Gasteiger partial charge is 0.480 e. The maximum Gasteiger partial charge on any atom is 0.326 e. The first kappa shape index (κ1) is 18.6. The number of carbonyl (C=O) groups excluding carboxylic acids is 1. The van der Waals surface area contributed by atoms with Gasteiger partial charge in [0.05, 0.1) is 4.90 Å². The number of carboxylic acids is 1. The fraction of sp³-hybridized carbons (Fsp3) is 0.294. The number of rotatable bonds is 8. The summed E-state index contributed by atoms with van der Waals surface area (Å²) in [6.45, 7) is 0.166. The Morgan fingerprint density at radius 3 is 2.62 bits per heavy atom. The molecule has 1 aliphatic carbocycles. The van der Waals surface area contributed by atoms with Gasteiger partial charge >= 0.3 is 5.97 Å². The van der Waals surface area contributed by atoms with Crippen LogP contribution in [0.25, 0.3) is 0 Å². The van der Waals surface area contributed by atoms with Crippen molar-refractivity contribution in [2.24, 2.45) is 5.92 Å². The molecule has 1 aromatic heterocycles. The second-order valence-electron chi connectivity index (χ2n) is 6.06. The van der Waals surface area contributed by atoms with Gasteiger partial charge in [-0.3, -0.25) is 4.79 Å². The highest BCUT2D eigenvalue weighted by Gasteiger charge is 2.37. The van der Waals surface area contributed by atoms with E-state index in [2.05, 4.69) is 10.0 Å². The van der Waals surface area contributed by atoms with Gasteiger partial charge in [-0.25, -0.2) is 17.9 Å². The monoisotopic (exact) mass is 394 g/mol. The van der Waals surface area contributed by atoms with E-state index in [1.165, 1.54) is 35.6 Å². The van der Waals surface area contributed by atoms with Gasteiger partial charge in [-0.2, -0.15) is 0 Å². The van der Waals surface area contributed by atoms with Gasteiger partial charge in [0.1, 0.15) is 6.04 Å². The van der Waals surface area contributed by atoms with Crippen molar-refractivity contribution in [3.63, 3.8) is 0 Å². The van der Waals surface area contributed by atoms with Crippen LogP contribution in [-0.2, 0) is 21.4 Å². The van der Waals surface area contributed by atoms with E-state index in [0.717, 1.165) is 17.7 Å². The lowest BCUT2D eigenvalue weighted by Crippen LogP contribution is -2.42. The zero-order valence-electron chi connectivity index (χ0n) is 13.7. The molecule has 9 heteroatoms. The third-order valence-electron chi connectivity index (χ3n) is 4.07. The van der Waals surface area contributed by atoms with Gasteiger partial charge < -0.3 is 10.4 Å². The molecule has 1 atom stereocenters. The zero-order valence-corrected chi connectivity index (χ0v) is 15.3. The molecule has 1 amide bonds. The summed E-state index contributed by atoms with van der Waals surface area (Å²) in [6.07, 6.45) is 1.52. The summed E-state index contributed by atoms with van der Waals surface area (Å²) in [6, 6.07) is 8.26. The first-order valence-corrected chi connectivity index (χ1v) is 10.4. The van der Waals surface area contributed by atoms with Crippen LogP contribution in [0.1, 0.15) is 28.1 Å². The van der Waals surface area contributed by atoms with Crippen molar-refractivity contribution in [1.29, 1.82) is 0 Å². The Bertz CT molecular complexity index is 905. The van der Waals surface area contributed by atoms with Crippen LogP contribution < -0.4 is 10.0 Å². The second kappa shape index (κ2) is 7.56. The quantitative estimate of drug-likeness (QED) is 0.632. The Labute approximate surface area is 155 Å². The molecule has 2 aromatic rings. The van der Waals surface area contributed by atoms with Crippen LogP contribution in [0.2, 0.25) is 0 Å². The molecule has 1 aromatic carbocycles. The molecular formula is C17H18N2O5S2. The molecule has 7 nitrogen and oxygen atoms in total. The molecule has 26 heavy (non-hydrogen) atoms. The Morgan fingerprint density at radius 2 is 2.00 bits per heavy atom. The molecule has 0 aliphatic heterocycles. The standard InChI is InChI=1S/C17H18N2O5S2/c20-16(19-15(17(21)22)11-6-7-11)12-3-1-5-14(9-12)26(23,24)18-10-13-4-2-8-25-13/h1-5,8-9,11,15,18H,6-7,10H2,(H,19,20)(H,21,22). The van der Waals surface area contributed by atoms with Crippen LogP contribution in [0, 0.1) is 5.92 Å². The van der Waals surface area contributed by atoms with Crippen LogP contribution in [0.4, 0.5) is 0 Å². The number of benzene rings is 1. The number of hydrogen-bond acceptors (Lipinski definition) is 5. The van der Waals surface area contributed by atoms with Crippen LogP contribution in [0.15, 0.2) is 46.7 Å². The highest BCUT2D eigenvalue weighted by Crippen LogP contribution is 2.32. The van der Waals surface area contributed by atoms with E-state index in [9.17, 15) is 23.1 Å². The lowest BCUT2D eigenvalue weighted by Gasteiger charge is -2.14. The molecule has 1 heterocycles. The smallest absolute Gasteiger partial charge is 0.326 e. The summed E-state index contributed by atoms with van der Waals surface area (Å²) >= 11 is 1.44. The molecule has 138 valence electrons. The average Bonchev–Trinajstić information content (AvgIpc) is 3.32. The number of amides is 1. The normalized spacial score (nSPS) is 15.4. The summed E-state index contributed by atoms with van der Waals surface area (Å²) in [5.41, 5.74) is 0.107. The van der Waals surface area contributed by atoms with E-state index < -0.39 is 27.9 Å². The van der Waals surface area contributed by atoms with Gasteiger partial charge in [0, 0.05) is 17.0 Å². The highest BCUT2D eigenvalue weighted by atomic mass is 32.2. The summed E-state index contributed by atoms with van der Waals surface area (Å²) < 4.78 is 27.3. The molecule has 1 unspecified atom stereocenters. The number of carbonyl (C=O) groups is 2. The third-order valence-corrected chi connectivity index (χ3v) is 6.34. The molecule has 1 aliphatic rings. The van der Waals surface area contributed by atoms with Gasteiger partial charge in [0.2, 0.25) is 10.0 Å². The molecule has 0 spiro atoms. The minimum Gasteiger partial charge on any atom is -0.480 e. The molecule has 1 fully saturated rings. The molecule has 1 saturated carbocycles. The van der Waals surface area contributed by atoms with E-state index in [1.54, 1.807) is 0 Å². The lowest BCUT2D eigenvalue weighted by molar-refractivity contribution is -0.139. The molecule has 0 saturated heterocycles. The first-order valence-electron chi connectivity index (χ1n) is 8.02. The molecule has 0 radical (unpaired) electrons. The van der Waals surface area contributed by atoms with Gasteiger partial charge in [0.25, 0.3) is 5.91 Å². The fourth-order valence-corrected chi connectivity index (χ4v) is 4.29. The number of carboxylic acid groups (broad SMARTS) is 1. The van der Waals surface area contributed by atoms with Crippen LogP contribution in [-0.4, -0.2) is 31.4 Å². The maximum atomic E-state index is 12.4. The molecule has 3 N–H and O–H groups in total. The van der Waals surface area contributed by atoms with E-state index in [0.29, 0.717) is 0 Å². The number of sulfonamides is 1. The number of aliphatic carboxylic acids is 1. The van der Waals surface area contributed by atoms with Crippen LogP contribution >= 0.6 is 11.3 Å². The van der Waals surface area contributed by atoms with Crippen molar-refractivity contribution < 1.29 is 23.1 Å². The Balaban J connectivity index is 1.72. The Hall–Kier alpha value is -2.23. The van der Waals surface area contributed by atoms with Crippen molar-refractivity contribution in [3.8, 4) is 0 Å². The van der Waals surface area contributed by atoms with Crippen LogP contribution in [0.5, 0.6) is 0 Å². The maximum absolute atomic E-state index is 12.4. The van der Waals surface area contributed by atoms with Crippen molar-refractivity contribution in [2.75, 3.05) is 0 Å². The minimum absolute atomic E-state index is 0.0417. The van der Waals surface area contributed by atoms with Crippen molar-refractivity contribution in [3.05, 3.63) is 52.2 Å². The van der Waals surface area contributed by atoms with Gasteiger partial charge in [-0.05, 0) is 48.4 Å². The molecule has 3 rings (SSSR count). The summed E-state index contributed by atoms with van der Waals surface area (Å²) in [4.78, 5) is 24.4. The Morgan fingerprint density at radius 1 is 1.23 bits per heavy atom. The van der Waals surface area contributed by atoms with Crippen LogP contribution in [0.3, 0.4) is 0 Å². The highest BCUT2D eigenvalue weighted by molar-refractivity contribution is 7.89. The average molecular weight is 394 g/mol. The minimum atomic E-state index is -3.78. The topological polar surface area (TPSA) is 113 Å². The predicted molar refractivity (Wildman–Crippen MR) is 96.4 cm³/mol. The zero-order chi connectivity index (χ0) is 18.7. The van der Waals surface area contributed by atoms with Gasteiger partial charge in [-0.1, -0.05) is 12.1 Å². The van der Waals surface area contributed by atoms with Crippen molar-refractivity contribution >= 4 is 33.2 Å². The first-order chi connectivity index (χ1) is 12.4. The third kappa shape index (κ3) is 4.48. The number of hydrogen-bond donors (Lipinski definition) is 3. The van der Waals surface area contributed by atoms with E-state index >= 15 is 0 Å². The molecular weight excluding hydrogens is 376 g/mol. The summed E-state index contributed by atoms with van der Waals surface area (Å²) in [5, 5.41) is 13.5. The summed E-state index contributed by atoms with van der Waals surface area (Å²) in [7, 11) is -3.78. The lowest BCUT2D eigenvalue weighted by atomic mass is 10.1. The number of nitrogens with one attached hydrogen (secondary N) is 2. The van der Waals surface area contributed by atoms with E-state index in [1.807, 2.05) is 17.5 Å². The van der Waals surface area contributed by atoms with Crippen molar-refractivity contribution in [2.45, 2.75) is 30.3 Å². The van der Waals surface area contributed by atoms with Gasteiger partial charge in [0.15, 0.2) is 0 Å². The predicted octanol–water partition coefficient (Wildman–Crippen LogP) is 1.82. The summed E-state index contributed by atoms with van der Waals surface area (Å²) in [5.74, 6) is -1.74. The molecule has 0 bridgehead atoms. The fourth-order valence-electron chi connectivity index (χ4n) is 2.50. The van der Waals surface area contributed by atoms with E-state index in [-0.39, 0.29) is 22.9 Å². The van der Waals surface area contributed by atoms with Gasteiger partial charge in [-0.15, -0.1) is 11.3 Å². The Kier molecular flexibility index (Phi) is 5.40. The number of thiophene rings is 1. The van der Waals surface area contributed by atoms with E-state index in [4.69, 9.17) is 0 Å².